The van der Waals surface area contributed by atoms with Crippen LogP contribution in [0.5, 0.6) is 5.75 Å². The van der Waals surface area contributed by atoms with Crippen LogP contribution in [0.2, 0.25) is 0 Å². The molecule has 2 rings (SSSR count). The highest BCUT2D eigenvalue weighted by atomic mass is 32.2. The maximum atomic E-state index is 12.8. The van der Waals surface area contributed by atoms with Crippen LogP contribution in [0.4, 0.5) is 4.39 Å². The molecule has 0 aliphatic heterocycles. The molecule has 0 saturated heterocycles. The Morgan fingerprint density at radius 3 is 2.62 bits per heavy atom. The standard InChI is InChI=1S/C15H15FN2O2S/c1-20-14-7-2-10(8-13(14)15(17)18-19)9-21-12-5-3-11(16)4-6-12/h2-8,19H,9H2,1H3,(H2,17,18). The van der Waals surface area contributed by atoms with Crippen molar-refractivity contribution >= 4 is 17.6 Å². The fourth-order valence-corrected chi connectivity index (χ4v) is 2.64. The van der Waals surface area contributed by atoms with E-state index in [9.17, 15) is 4.39 Å². The minimum absolute atomic E-state index is 0.000446. The summed E-state index contributed by atoms with van der Waals surface area (Å²) in [7, 11) is 1.52. The molecule has 0 heterocycles. The van der Waals surface area contributed by atoms with Crippen LogP contribution < -0.4 is 10.5 Å². The van der Waals surface area contributed by atoms with E-state index < -0.39 is 0 Å². The Bertz CT molecular complexity index is 645. The van der Waals surface area contributed by atoms with Crippen molar-refractivity contribution in [2.45, 2.75) is 10.6 Å². The minimum atomic E-state index is -0.252. The second kappa shape index (κ2) is 6.99. The monoisotopic (exact) mass is 306 g/mol. The second-order valence-corrected chi connectivity index (χ2v) is 5.31. The summed E-state index contributed by atoms with van der Waals surface area (Å²) in [5, 5.41) is 11.8. The van der Waals surface area contributed by atoms with Crippen LogP contribution in [0.1, 0.15) is 11.1 Å². The number of thioether (sulfide) groups is 1. The zero-order chi connectivity index (χ0) is 15.2. The Morgan fingerprint density at radius 2 is 2.00 bits per heavy atom. The smallest absolute Gasteiger partial charge is 0.173 e. The summed E-state index contributed by atoms with van der Waals surface area (Å²) < 4.78 is 18.0. The molecule has 0 aliphatic carbocycles. The van der Waals surface area contributed by atoms with Crippen LogP contribution in [0.25, 0.3) is 0 Å². The number of ether oxygens (including phenoxy) is 1. The molecule has 0 amide bonds. The van der Waals surface area contributed by atoms with Crippen molar-refractivity contribution < 1.29 is 14.3 Å². The number of hydrogen-bond donors (Lipinski definition) is 2. The number of nitrogens with zero attached hydrogens (tertiary/aromatic N) is 1. The van der Waals surface area contributed by atoms with Gasteiger partial charge in [0.05, 0.1) is 12.7 Å². The quantitative estimate of drug-likeness (QED) is 0.293. The molecule has 0 atom stereocenters. The molecule has 0 bridgehead atoms. The maximum absolute atomic E-state index is 12.8. The van der Waals surface area contributed by atoms with Gasteiger partial charge in [0, 0.05) is 10.6 Å². The van der Waals surface area contributed by atoms with Gasteiger partial charge in [0.1, 0.15) is 11.6 Å². The molecular weight excluding hydrogens is 291 g/mol. The van der Waals surface area contributed by atoms with Gasteiger partial charge < -0.3 is 15.7 Å². The molecule has 0 unspecified atom stereocenters. The molecule has 2 aromatic rings. The number of hydrogen-bond acceptors (Lipinski definition) is 4. The lowest BCUT2D eigenvalue weighted by atomic mass is 10.1. The summed E-state index contributed by atoms with van der Waals surface area (Å²) in [6.07, 6.45) is 0. The van der Waals surface area contributed by atoms with Gasteiger partial charge in [-0.2, -0.15) is 0 Å². The van der Waals surface area contributed by atoms with Gasteiger partial charge in [0.2, 0.25) is 0 Å². The second-order valence-electron chi connectivity index (χ2n) is 4.26. The van der Waals surface area contributed by atoms with Gasteiger partial charge in [-0.25, -0.2) is 4.39 Å². The van der Waals surface area contributed by atoms with Gasteiger partial charge in [-0.1, -0.05) is 11.2 Å². The van der Waals surface area contributed by atoms with Crippen LogP contribution in [0.3, 0.4) is 0 Å². The molecule has 0 radical (unpaired) electrons. The van der Waals surface area contributed by atoms with Gasteiger partial charge in [-0.05, 0) is 42.0 Å². The molecule has 0 spiro atoms. The minimum Gasteiger partial charge on any atom is -0.496 e. The van der Waals surface area contributed by atoms with Crippen LogP contribution in [0, 0.1) is 5.82 Å². The molecule has 110 valence electrons. The van der Waals surface area contributed by atoms with Gasteiger partial charge in [-0.15, -0.1) is 11.8 Å². The average molecular weight is 306 g/mol. The number of halogens is 1. The third-order valence-corrected chi connectivity index (χ3v) is 3.95. The molecule has 0 aliphatic rings. The fourth-order valence-electron chi connectivity index (χ4n) is 1.80. The topological polar surface area (TPSA) is 67.8 Å². The van der Waals surface area contributed by atoms with E-state index in [-0.39, 0.29) is 11.7 Å². The first kappa shape index (κ1) is 15.2. The van der Waals surface area contributed by atoms with E-state index in [0.717, 1.165) is 10.5 Å². The maximum Gasteiger partial charge on any atom is 0.173 e. The first-order valence-electron chi connectivity index (χ1n) is 6.17. The van der Waals surface area contributed by atoms with E-state index in [1.165, 1.54) is 19.2 Å². The van der Waals surface area contributed by atoms with Crippen LogP contribution in [-0.2, 0) is 5.75 Å². The molecule has 0 saturated carbocycles. The summed E-state index contributed by atoms with van der Waals surface area (Å²) in [4.78, 5) is 0.970. The highest BCUT2D eigenvalue weighted by Crippen LogP contribution is 2.26. The lowest BCUT2D eigenvalue weighted by Crippen LogP contribution is -2.14. The first-order valence-corrected chi connectivity index (χ1v) is 7.15. The van der Waals surface area contributed by atoms with Crippen molar-refractivity contribution in [1.82, 2.24) is 0 Å². The summed E-state index contributed by atoms with van der Waals surface area (Å²) in [5.74, 6) is 0.973. The van der Waals surface area contributed by atoms with E-state index in [0.29, 0.717) is 17.1 Å². The number of methoxy groups -OCH3 is 1. The van der Waals surface area contributed by atoms with E-state index >= 15 is 0 Å². The highest BCUT2D eigenvalue weighted by molar-refractivity contribution is 7.98. The van der Waals surface area contributed by atoms with E-state index in [1.54, 1.807) is 30.0 Å². The summed E-state index contributed by atoms with van der Waals surface area (Å²) in [5.41, 5.74) is 7.17. The SMILES string of the molecule is COc1ccc(CSc2ccc(F)cc2)cc1C(N)=NO. The van der Waals surface area contributed by atoms with Crippen molar-refractivity contribution in [2.24, 2.45) is 10.9 Å². The van der Waals surface area contributed by atoms with Crippen molar-refractivity contribution in [3.05, 3.63) is 59.4 Å². The zero-order valence-electron chi connectivity index (χ0n) is 11.4. The normalized spacial score (nSPS) is 11.4. The van der Waals surface area contributed by atoms with Gasteiger partial charge in [-0.3, -0.25) is 0 Å². The summed E-state index contributed by atoms with van der Waals surface area (Å²) in [6.45, 7) is 0. The third-order valence-electron chi connectivity index (χ3n) is 2.87. The average Bonchev–Trinajstić information content (AvgIpc) is 2.53. The number of rotatable bonds is 5. The van der Waals surface area contributed by atoms with Crippen molar-refractivity contribution in [3.8, 4) is 5.75 Å². The number of nitrogens with two attached hydrogens (primary N) is 1. The number of amidine groups is 1. The van der Waals surface area contributed by atoms with E-state index in [4.69, 9.17) is 15.7 Å². The largest absolute Gasteiger partial charge is 0.496 e. The first-order chi connectivity index (χ1) is 10.1. The molecule has 4 nitrogen and oxygen atoms in total. The Balaban J connectivity index is 2.15. The van der Waals surface area contributed by atoms with Crippen molar-refractivity contribution in [3.63, 3.8) is 0 Å². The Kier molecular flexibility index (Phi) is 5.05. The van der Waals surface area contributed by atoms with Crippen molar-refractivity contribution in [1.29, 1.82) is 0 Å². The number of oxime groups is 1. The molecule has 21 heavy (non-hydrogen) atoms. The third kappa shape index (κ3) is 3.88. The highest BCUT2D eigenvalue weighted by Gasteiger charge is 2.09. The summed E-state index contributed by atoms with van der Waals surface area (Å²) >= 11 is 1.57. The van der Waals surface area contributed by atoms with Crippen molar-refractivity contribution in [2.75, 3.05) is 7.11 Å². The Morgan fingerprint density at radius 1 is 1.29 bits per heavy atom. The number of benzene rings is 2. The van der Waals surface area contributed by atoms with E-state index in [1.807, 2.05) is 12.1 Å². The molecular formula is C15H15FN2O2S. The van der Waals surface area contributed by atoms with Gasteiger partial charge >= 0.3 is 0 Å². The zero-order valence-corrected chi connectivity index (χ0v) is 12.2. The predicted octanol–water partition coefficient (Wildman–Crippen LogP) is 3.22. The Hall–Kier alpha value is -2.21. The predicted molar refractivity (Wildman–Crippen MR) is 81.5 cm³/mol. The van der Waals surface area contributed by atoms with Crippen LogP contribution in [-0.4, -0.2) is 18.2 Å². The molecule has 2 aromatic carbocycles. The van der Waals surface area contributed by atoms with Gasteiger partial charge in [0.15, 0.2) is 5.84 Å². The van der Waals surface area contributed by atoms with E-state index in [2.05, 4.69) is 5.16 Å². The molecule has 0 aromatic heterocycles. The van der Waals surface area contributed by atoms with Gasteiger partial charge in [0.25, 0.3) is 0 Å². The van der Waals surface area contributed by atoms with Crippen LogP contribution >= 0.6 is 11.8 Å². The lowest BCUT2D eigenvalue weighted by Gasteiger charge is -2.09. The fraction of sp³-hybridized carbons (Fsp3) is 0.133. The summed E-state index contributed by atoms with van der Waals surface area (Å²) in [6, 6.07) is 11.8. The molecule has 0 fully saturated rings. The van der Waals surface area contributed by atoms with Crippen LogP contribution in [0.15, 0.2) is 52.5 Å². The lowest BCUT2D eigenvalue weighted by molar-refractivity contribution is 0.318. The molecule has 6 heteroatoms. The Labute approximate surface area is 126 Å². The molecule has 3 N–H and O–H groups in total.